The van der Waals surface area contributed by atoms with Crippen molar-refractivity contribution in [2.45, 2.75) is 17.6 Å². The van der Waals surface area contributed by atoms with Gasteiger partial charge >= 0.3 is 6.18 Å². The molecule has 6 rings (SSSR count). The molecule has 3 aromatic heterocycles. The quantitative estimate of drug-likeness (QED) is 0.0820. The van der Waals surface area contributed by atoms with Gasteiger partial charge in [-0.25, -0.2) is 22.5 Å². The molecule has 0 aliphatic heterocycles. The van der Waals surface area contributed by atoms with E-state index in [4.69, 9.17) is 0 Å². The molecule has 0 saturated heterocycles. The zero-order valence-electron chi connectivity index (χ0n) is 23.4. The predicted molar refractivity (Wildman–Crippen MR) is 157 cm³/mol. The van der Waals surface area contributed by atoms with E-state index in [1.165, 1.54) is 57.9 Å². The number of alkyl halides is 3. The number of hydrogen-bond donors (Lipinski definition) is 1. The van der Waals surface area contributed by atoms with Crippen LogP contribution in [0.15, 0.2) is 78.1 Å². The minimum absolute atomic E-state index is 0.0810. The number of pyridine rings is 1. The van der Waals surface area contributed by atoms with Crippen molar-refractivity contribution in [2.24, 2.45) is 7.05 Å². The summed E-state index contributed by atoms with van der Waals surface area (Å²) in [5.74, 6) is -6.40. The number of rotatable bonds is 7. The van der Waals surface area contributed by atoms with E-state index in [9.17, 15) is 35.5 Å². The summed E-state index contributed by atoms with van der Waals surface area (Å²) in [4.78, 5) is 16.9. The Balaban J connectivity index is 1.29. The van der Waals surface area contributed by atoms with Gasteiger partial charge in [0.05, 0.1) is 39.0 Å². The Labute approximate surface area is 255 Å². The Morgan fingerprint density at radius 1 is 0.889 bits per heavy atom. The highest BCUT2D eigenvalue weighted by Gasteiger charge is 2.35. The number of fused-ring (bicyclic) bond motifs is 2. The van der Waals surface area contributed by atoms with Gasteiger partial charge in [-0.15, -0.1) is 11.8 Å². The highest BCUT2D eigenvalue weighted by atomic mass is 32.2. The summed E-state index contributed by atoms with van der Waals surface area (Å²) in [6, 6.07) is 14.4. The summed E-state index contributed by atoms with van der Waals surface area (Å²) >= 11 is 0.547. The van der Waals surface area contributed by atoms with E-state index in [0.29, 0.717) is 34.0 Å². The van der Waals surface area contributed by atoms with E-state index < -0.39 is 57.8 Å². The number of hydrogen-bond acceptors (Lipinski definition) is 4. The van der Waals surface area contributed by atoms with Gasteiger partial charge in [0.2, 0.25) is 5.78 Å². The summed E-state index contributed by atoms with van der Waals surface area (Å²) in [5.41, 5.74) is 0.324. The summed E-state index contributed by atoms with van der Waals surface area (Å²) in [6.07, 6.45) is -0.357. The number of carbonyl (C=O) groups is 1. The van der Waals surface area contributed by atoms with Crippen molar-refractivity contribution in [3.63, 3.8) is 0 Å². The molecule has 0 aliphatic rings. The van der Waals surface area contributed by atoms with Crippen molar-refractivity contribution in [2.75, 3.05) is 11.6 Å². The first-order chi connectivity index (χ1) is 21.4. The minimum atomic E-state index is -4.65. The SMILES string of the molecule is CSc1c(F)c(F)c(CNc2ccc(C(=O)c3ccc4c(-c5cc6ncn(C)c6cc5C(F)(F)F)cccn34)cc2)c(F)c1F. The molecule has 6 aromatic rings. The maximum atomic E-state index is 14.4. The molecule has 0 fully saturated rings. The number of nitrogens with zero attached hydrogens (tertiary/aromatic N) is 3. The molecule has 230 valence electrons. The number of anilines is 1. The van der Waals surface area contributed by atoms with Crippen LogP contribution in [0.1, 0.15) is 27.2 Å². The van der Waals surface area contributed by atoms with E-state index in [2.05, 4.69) is 10.3 Å². The number of aromatic nitrogens is 3. The largest absolute Gasteiger partial charge is 0.417 e. The van der Waals surface area contributed by atoms with E-state index >= 15 is 0 Å². The van der Waals surface area contributed by atoms with Crippen LogP contribution in [0, 0.1) is 23.3 Å². The molecule has 3 heterocycles. The van der Waals surface area contributed by atoms with E-state index in [0.717, 1.165) is 6.07 Å². The topological polar surface area (TPSA) is 51.3 Å². The molecular weight excluding hydrogens is 621 g/mol. The molecule has 0 saturated carbocycles. The zero-order valence-corrected chi connectivity index (χ0v) is 24.3. The van der Waals surface area contributed by atoms with Gasteiger partial charge in [0.1, 0.15) is 0 Å². The molecule has 0 atom stereocenters. The number of ketones is 1. The van der Waals surface area contributed by atoms with Crippen LogP contribution >= 0.6 is 11.8 Å². The molecule has 0 bridgehead atoms. The van der Waals surface area contributed by atoms with E-state index in [-0.39, 0.29) is 22.4 Å². The minimum Gasteiger partial charge on any atom is -0.381 e. The Morgan fingerprint density at radius 3 is 2.22 bits per heavy atom. The Hall–Kier alpha value is -4.78. The van der Waals surface area contributed by atoms with Crippen LogP contribution in [0.5, 0.6) is 0 Å². The summed E-state index contributed by atoms with van der Waals surface area (Å²) in [5, 5.41) is 2.69. The number of carbonyl (C=O) groups excluding carboxylic acids is 1. The molecule has 5 nitrogen and oxygen atoms in total. The third-order valence-corrected chi connectivity index (χ3v) is 8.29. The van der Waals surface area contributed by atoms with Crippen LogP contribution in [0.4, 0.5) is 36.4 Å². The standard InChI is InChI=1S/C32H21F7N4OS/c1-42-15-41-22-12-19(21(13-25(22)42)32(37,38)39)18-4-3-11-43-23(18)9-10-24(43)30(44)16-5-7-17(8-6-16)40-14-20-26(33)28(35)31(45-2)29(36)27(20)34/h3-13,15,40H,14H2,1-2H3. The smallest absolute Gasteiger partial charge is 0.381 e. The van der Waals surface area contributed by atoms with Crippen LogP contribution in [-0.4, -0.2) is 26.0 Å². The lowest BCUT2D eigenvalue weighted by atomic mass is 9.98. The molecule has 0 radical (unpaired) electrons. The summed E-state index contributed by atoms with van der Waals surface area (Å²) in [7, 11) is 1.61. The van der Waals surface area contributed by atoms with Gasteiger partial charge in [-0.05, 0) is 66.4 Å². The third-order valence-electron chi connectivity index (χ3n) is 7.52. The molecule has 45 heavy (non-hydrogen) atoms. The number of thioether (sulfide) groups is 1. The zero-order chi connectivity index (χ0) is 32.2. The Morgan fingerprint density at radius 2 is 1.58 bits per heavy atom. The monoisotopic (exact) mass is 642 g/mol. The second-order valence-electron chi connectivity index (χ2n) is 10.2. The molecular formula is C32H21F7N4OS. The van der Waals surface area contributed by atoms with Crippen LogP contribution in [-0.2, 0) is 19.8 Å². The Bertz CT molecular complexity index is 2090. The van der Waals surface area contributed by atoms with Crippen molar-refractivity contribution in [1.29, 1.82) is 0 Å². The maximum absolute atomic E-state index is 14.4. The maximum Gasteiger partial charge on any atom is 0.417 e. The fraction of sp³-hybridized carbons (Fsp3) is 0.125. The second kappa shape index (κ2) is 11.3. The van der Waals surface area contributed by atoms with Crippen LogP contribution in [0.3, 0.4) is 0 Å². The molecule has 3 aromatic carbocycles. The molecule has 0 unspecified atom stereocenters. The lowest BCUT2D eigenvalue weighted by Gasteiger charge is -2.15. The summed E-state index contributed by atoms with van der Waals surface area (Å²) in [6.45, 7) is -0.566. The number of benzene rings is 3. The fourth-order valence-electron chi connectivity index (χ4n) is 5.25. The van der Waals surface area contributed by atoms with Crippen LogP contribution in [0.2, 0.25) is 0 Å². The number of imidazole rings is 1. The van der Waals surface area contributed by atoms with E-state index in [1.807, 2.05) is 0 Å². The molecule has 0 amide bonds. The van der Waals surface area contributed by atoms with Gasteiger partial charge in [0.25, 0.3) is 0 Å². The van der Waals surface area contributed by atoms with Gasteiger partial charge in [0, 0.05) is 42.2 Å². The predicted octanol–water partition coefficient (Wildman–Crippen LogP) is 8.63. The first kappa shape index (κ1) is 30.3. The van der Waals surface area contributed by atoms with Crippen LogP contribution < -0.4 is 5.32 Å². The summed E-state index contributed by atoms with van der Waals surface area (Å²) < 4.78 is 103. The van der Waals surface area contributed by atoms with Gasteiger partial charge in [-0.1, -0.05) is 6.07 Å². The van der Waals surface area contributed by atoms with Crippen molar-refractivity contribution in [3.05, 3.63) is 119 Å². The first-order valence-corrected chi connectivity index (χ1v) is 14.5. The lowest BCUT2D eigenvalue weighted by molar-refractivity contribution is -0.137. The van der Waals surface area contributed by atoms with Crippen molar-refractivity contribution in [1.82, 2.24) is 14.0 Å². The Kier molecular flexibility index (Phi) is 7.59. The highest BCUT2D eigenvalue weighted by molar-refractivity contribution is 7.98. The van der Waals surface area contributed by atoms with Gasteiger partial charge in [-0.3, -0.25) is 4.79 Å². The average Bonchev–Trinajstić information content (AvgIpc) is 3.62. The first-order valence-electron chi connectivity index (χ1n) is 13.3. The van der Waals surface area contributed by atoms with E-state index in [1.54, 1.807) is 31.4 Å². The van der Waals surface area contributed by atoms with Crippen molar-refractivity contribution >= 4 is 39.8 Å². The highest BCUT2D eigenvalue weighted by Crippen LogP contribution is 2.41. The van der Waals surface area contributed by atoms with Gasteiger partial charge < -0.3 is 14.3 Å². The van der Waals surface area contributed by atoms with Crippen molar-refractivity contribution in [3.8, 4) is 11.1 Å². The third kappa shape index (κ3) is 5.20. The van der Waals surface area contributed by atoms with Crippen LogP contribution in [0.25, 0.3) is 27.7 Å². The normalized spacial score (nSPS) is 11.9. The molecule has 13 heteroatoms. The second-order valence-corrected chi connectivity index (χ2v) is 11.0. The van der Waals surface area contributed by atoms with Gasteiger partial charge in [0.15, 0.2) is 23.3 Å². The lowest BCUT2D eigenvalue weighted by Crippen LogP contribution is -2.10. The number of aryl methyl sites for hydroxylation is 1. The molecule has 0 spiro atoms. The number of halogens is 7. The average molecular weight is 643 g/mol. The molecule has 1 N–H and O–H groups in total. The number of nitrogens with one attached hydrogen (secondary N) is 1. The fourth-order valence-corrected chi connectivity index (χ4v) is 5.79. The van der Waals surface area contributed by atoms with Crippen molar-refractivity contribution < 1.29 is 35.5 Å². The van der Waals surface area contributed by atoms with Gasteiger partial charge in [-0.2, -0.15) is 13.2 Å². The molecule has 0 aliphatic carbocycles.